The molecule has 0 atom stereocenters. The van der Waals surface area contributed by atoms with Gasteiger partial charge in [0.15, 0.2) is 0 Å². The van der Waals surface area contributed by atoms with Crippen LogP contribution in [0.1, 0.15) is 23.4 Å². The lowest BCUT2D eigenvalue weighted by Gasteiger charge is -2.01. The molecule has 3 aromatic rings. The molecule has 0 fully saturated rings. The van der Waals surface area contributed by atoms with Crippen molar-refractivity contribution in [2.45, 2.75) is 25.8 Å². The second-order valence-electron chi connectivity index (χ2n) is 5.29. The second-order valence-corrected chi connectivity index (χ2v) is 6.27. The monoisotopic (exact) mass is 299 g/mol. The first-order valence-corrected chi connectivity index (χ1v) is 8.36. The molecule has 0 radical (unpaired) electrons. The summed E-state index contributed by atoms with van der Waals surface area (Å²) in [5.41, 5.74) is 2.77. The molecule has 2 aromatic heterocycles. The quantitative estimate of drug-likeness (QED) is 0.674. The number of rotatable bonds is 7. The summed E-state index contributed by atoms with van der Waals surface area (Å²) in [4.78, 5) is 4.40. The third-order valence-corrected chi connectivity index (χ3v) is 4.55. The van der Waals surface area contributed by atoms with Gasteiger partial charge < -0.3 is 9.88 Å². The van der Waals surface area contributed by atoms with E-state index in [2.05, 4.69) is 45.3 Å². The molecular weight excluding hydrogens is 278 g/mol. The van der Waals surface area contributed by atoms with Crippen molar-refractivity contribution in [3.8, 4) is 0 Å². The van der Waals surface area contributed by atoms with Crippen molar-refractivity contribution in [1.82, 2.24) is 14.9 Å². The summed E-state index contributed by atoms with van der Waals surface area (Å²) in [5.74, 6) is 0. The predicted molar refractivity (Wildman–Crippen MR) is 90.0 cm³/mol. The van der Waals surface area contributed by atoms with Crippen LogP contribution in [0.4, 0.5) is 0 Å². The summed E-state index contributed by atoms with van der Waals surface area (Å²) < 4.78 is 2.33. The Morgan fingerprint density at radius 1 is 1.24 bits per heavy atom. The Hall–Kier alpha value is -1.65. The van der Waals surface area contributed by atoms with Gasteiger partial charge in [-0.05, 0) is 44.5 Å². The molecule has 0 aliphatic rings. The zero-order chi connectivity index (χ0) is 14.5. The van der Waals surface area contributed by atoms with Crippen molar-refractivity contribution in [2.24, 2.45) is 0 Å². The van der Waals surface area contributed by atoms with Crippen molar-refractivity contribution in [1.29, 1.82) is 0 Å². The van der Waals surface area contributed by atoms with Crippen LogP contribution in [0, 0.1) is 0 Å². The SMILES string of the molecule is CNCCCCc1cn(Cc2nccs2)c2ccccc12. The molecule has 2 heterocycles. The Kier molecular flexibility index (Phi) is 4.68. The van der Waals surface area contributed by atoms with Gasteiger partial charge in [-0.2, -0.15) is 0 Å². The van der Waals surface area contributed by atoms with Crippen molar-refractivity contribution in [3.05, 3.63) is 52.6 Å². The number of hydrogen-bond donors (Lipinski definition) is 1. The van der Waals surface area contributed by atoms with Crippen LogP contribution in [-0.2, 0) is 13.0 Å². The van der Waals surface area contributed by atoms with Crippen LogP contribution in [0.2, 0.25) is 0 Å². The molecule has 0 saturated heterocycles. The van der Waals surface area contributed by atoms with E-state index >= 15 is 0 Å². The largest absolute Gasteiger partial charge is 0.340 e. The van der Waals surface area contributed by atoms with Crippen molar-refractivity contribution < 1.29 is 0 Å². The maximum atomic E-state index is 4.40. The summed E-state index contributed by atoms with van der Waals surface area (Å²) in [6, 6.07) is 8.69. The number of fused-ring (bicyclic) bond motifs is 1. The van der Waals surface area contributed by atoms with Gasteiger partial charge in [-0.25, -0.2) is 4.98 Å². The third kappa shape index (κ3) is 3.34. The average Bonchev–Trinajstić information content (AvgIpc) is 3.13. The fraction of sp³-hybridized carbons (Fsp3) is 0.353. The number of unbranched alkanes of at least 4 members (excludes halogenated alkanes) is 1. The highest BCUT2D eigenvalue weighted by molar-refractivity contribution is 7.09. The smallest absolute Gasteiger partial charge is 0.112 e. The number of aryl methyl sites for hydroxylation is 1. The summed E-state index contributed by atoms with van der Waals surface area (Å²) in [6.07, 6.45) is 7.79. The fourth-order valence-electron chi connectivity index (χ4n) is 2.75. The first-order valence-electron chi connectivity index (χ1n) is 7.48. The maximum Gasteiger partial charge on any atom is 0.112 e. The molecule has 1 aromatic carbocycles. The molecule has 0 spiro atoms. The van der Waals surface area contributed by atoms with Gasteiger partial charge in [0.2, 0.25) is 0 Å². The first kappa shape index (κ1) is 14.3. The maximum absolute atomic E-state index is 4.40. The lowest BCUT2D eigenvalue weighted by atomic mass is 10.1. The van der Waals surface area contributed by atoms with Crippen molar-refractivity contribution >= 4 is 22.2 Å². The van der Waals surface area contributed by atoms with E-state index in [0.717, 1.165) is 24.5 Å². The highest BCUT2D eigenvalue weighted by Crippen LogP contribution is 2.24. The van der Waals surface area contributed by atoms with Gasteiger partial charge in [0.25, 0.3) is 0 Å². The molecule has 4 heteroatoms. The predicted octanol–water partition coefficient (Wildman–Crippen LogP) is 3.69. The molecule has 0 saturated carbocycles. The molecule has 0 bridgehead atoms. The molecule has 21 heavy (non-hydrogen) atoms. The topological polar surface area (TPSA) is 29.9 Å². The number of para-hydroxylation sites is 1. The van der Waals surface area contributed by atoms with E-state index in [1.54, 1.807) is 11.3 Å². The van der Waals surface area contributed by atoms with Crippen LogP contribution >= 0.6 is 11.3 Å². The van der Waals surface area contributed by atoms with Gasteiger partial charge in [-0.1, -0.05) is 18.2 Å². The van der Waals surface area contributed by atoms with Crippen LogP contribution < -0.4 is 5.32 Å². The van der Waals surface area contributed by atoms with Gasteiger partial charge in [0, 0.05) is 28.7 Å². The number of aromatic nitrogens is 2. The molecule has 0 unspecified atom stereocenters. The van der Waals surface area contributed by atoms with E-state index in [-0.39, 0.29) is 0 Å². The molecular formula is C17H21N3S. The van der Waals surface area contributed by atoms with Gasteiger partial charge in [-0.3, -0.25) is 0 Å². The van der Waals surface area contributed by atoms with Crippen molar-refractivity contribution in [2.75, 3.05) is 13.6 Å². The van der Waals surface area contributed by atoms with E-state index in [0.29, 0.717) is 0 Å². The summed E-state index contributed by atoms with van der Waals surface area (Å²) in [5, 5.41) is 7.81. The molecule has 0 aliphatic heterocycles. The summed E-state index contributed by atoms with van der Waals surface area (Å²) in [6.45, 7) is 1.96. The molecule has 3 rings (SSSR count). The van der Waals surface area contributed by atoms with Gasteiger partial charge in [0.05, 0.1) is 6.54 Å². The highest BCUT2D eigenvalue weighted by atomic mass is 32.1. The Morgan fingerprint density at radius 2 is 2.14 bits per heavy atom. The minimum absolute atomic E-state index is 0.870. The van der Waals surface area contributed by atoms with Gasteiger partial charge in [0.1, 0.15) is 5.01 Å². The van der Waals surface area contributed by atoms with E-state index in [4.69, 9.17) is 0 Å². The average molecular weight is 299 g/mol. The number of benzene rings is 1. The number of thiazole rings is 1. The Labute approximate surface area is 129 Å². The fourth-order valence-corrected chi connectivity index (χ4v) is 3.36. The standard InChI is InChI=1S/C17H21N3S/c1-18-9-5-4-6-14-12-20(13-17-19-10-11-21-17)16-8-3-2-7-15(14)16/h2-3,7-8,10-12,18H,4-6,9,13H2,1H3. The lowest BCUT2D eigenvalue weighted by Crippen LogP contribution is -2.07. The zero-order valence-corrected chi connectivity index (χ0v) is 13.2. The van der Waals surface area contributed by atoms with E-state index in [1.807, 2.05) is 18.6 Å². The number of hydrogen-bond acceptors (Lipinski definition) is 3. The Morgan fingerprint density at radius 3 is 2.95 bits per heavy atom. The van der Waals surface area contributed by atoms with Crippen LogP contribution in [0.3, 0.4) is 0 Å². The van der Waals surface area contributed by atoms with Crippen LogP contribution in [0.5, 0.6) is 0 Å². The van der Waals surface area contributed by atoms with Crippen LogP contribution in [0.25, 0.3) is 10.9 Å². The van der Waals surface area contributed by atoms with Gasteiger partial charge in [-0.15, -0.1) is 11.3 Å². The minimum atomic E-state index is 0.870. The molecule has 110 valence electrons. The highest BCUT2D eigenvalue weighted by Gasteiger charge is 2.09. The number of nitrogens with one attached hydrogen (secondary N) is 1. The summed E-state index contributed by atoms with van der Waals surface area (Å²) >= 11 is 1.72. The molecule has 3 nitrogen and oxygen atoms in total. The zero-order valence-electron chi connectivity index (χ0n) is 12.4. The molecule has 0 amide bonds. The van der Waals surface area contributed by atoms with E-state index < -0.39 is 0 Å². The van der Waals surface area contributed by atoms with Crippen LogP contribution in [-0.4, -0.2) is 23.1 Å². The minimum Gasteiger partial charge on any atom is -0.340 e. The summed E-state index contributed by atoms with van der Waals surface area (Å²) in [7, 11) is 2.01. The Bertz CT molecular complexity index is 685. The normalized spacial score (nSPS) is 11.3. The van der Waals surface area contributed by atoms with E-state index in [1.165, 1.54) is 29.3 Å². The van der Waals surface area contributed by atoms with Crippen molar-refractivity contribution in [3.63, 3.8) is 0 Å². The van der Waals surface area contributed by atoms with Gasteiger partial charge >= 0.3 is 0 Å². The van der Waals surface area contributed by atoms with Crippen LogP contribution in [0.15, 0.2) is 42.0 Å². The second kappa shape index (κ2) is 6.87. The van der Waals surface area contributed by atoms with E-state index in [9.17, 15) is 0 Å². The number of nitrogens with zero attached hydrogens (tertiary/aromatic N) is 2. The third-order valence-electron chi connectivity index (χ3n) is 3.78. The lowest BCUT2D eigenvalue weighted by molar-refractivity contribution is 0.677. The Balaban J connectivity index is 1.83. The molecule has 1 N–H and O–H groups in total. The molecule has 0 aliphatic carbocycles. The first-order chi connectivity index (χ1) is 10.4.